The van der Waals surface area contributed by atoms with Gasteiger partial charge in [-0.2, -0.15) is 0 Å². The lowest BCUT2D eigenvalue weighted by Gasteiger charge is -2.31. The second-order valence-corrected chi connectivity index (χ2v) is 6.74. The van der Waals surface area contributed by atoms with E-state index in [1.165, 1.54) is 0 Å². The zero-order valence-corrected chi connectivity index (χ0v) is 12.0. The van der Waals surface area contributed by atoms with Crippen molar-refractivity contribution in [3.8, 4) is 0 Å². The summed E-state index contributed by atoms with van der Waals surface area (Å²) in [4.78, 5) is 11.8. The Hall–Kier alpha value is -0.910. The highest BCUT2D eigenvalue weighted by Crippen LogP contribution is 2.51. The highest BCUT2D eigenvalue weighted by atomic mass is 16.6. The SMILES string of the molecule is CC1=C2CC(O)C(C)(O)C2CC2C(C)C(=O)OC2C1O. The maximum atomic E-state index is 11.8. The second kappa shape index (κ2) is 4.29. The third-order valence-electron chi connectivity index (χ3n) is 5.67. The zero-order chi connectivity index (χ0) is 14.8. The van der Waals surface area contributed by atoms with Gasteiger partial charge in [-0.3, -0.25) is 4.79 Å². The lowest BCUT2D eigenvalue weighted by Crippen LogP contribution is -2.41. The van der Waals surface area contributed by atoms with Gasteiger partial charge in [-0.1, -0.05) is 12.5 Å². The van der Waals surface area contributed by atoms with Gasteiger partial charge in [-0.05, 0) is 32.3 Å². The molecule has 3 N–H and O–H groups in total. The molecule has 1 saturated carbocycles. The van der Waals surface area contributed by atoms with Crippen molar-refractivity contribution in [1.29, 1.82) is 0 Å². The van der Waals surface area contributed by atoms with E-state index in [9.17, 15) is 20.1 Å². The van der Waals surface area contributed by atoms with Crippen molar-refractivity contribution in [2.75, 3.05) is 0 Å². The summed E-state index contributed by atoms with van der Waals surface area (Å²) < 4.78 is 5.33. The molecule has 112 valence electrons. The fraction of sp³-hybridized carbons (Fsp3) is 0.800. The maximum absolute atomic E-state index is 11.8. The normalized spacial score (nSPS) is 51.6. The first-order chi connectivity index (χ1) is 9.25. The van der Waals surface area contributed by atoms with Gasteiger partial charge in [0.1, 0.15) is 12.2 Å². The van der Waals surface area contributed by atoms with Gasteiger partial charge in [0.05, 0.1) is 17.6 Å². The van der Waals surface area contributed by atoms with E-state index in [1.807, 2.05) is 0 Å². The van der Waals surface area contributed by atoms with Gasteiger partial charge in [-0.25, -0.2) is 0 Å². The maximum Gasteiger partial charge on any atom is 0.309 e. The Morgan fingerprint density at radius 2 is 2.00 bits per heavy atom. The quantitative estimate of drug-likeness (QED) is 0.441. The molecule has 20 heavy (non-hydrogen) atoms. The molecule has 0 aromatic carbocycles. The van der Waals surface area contributed by atoms with Crippen molar-refractivity contribution in [3.63, 3.8) is 0 Å². The Bertz CT molecular complexity index is 481. The van der Waals surface area contributed by atoms with Crippen molar-refractivity contribution in [2.45, 2.75) is 57.5 Å². The Kier molecular flexibility index (Phi) is 3.01. The van der Waals surface area contributed by atoms with E-state index < -0.39 is 23.9 Å². The van der Waals surface area contributed by atoms with Crippen LogP contribution >= 0.6 is 0 Å². The molecular formula is C15H22O5. The number of hydrogen-bond donors (Lipinski definition) is 3. The predicted molar refractivity (Wildman–Crippen MR) is 70.6 cm³/mol. The first-order valence-electron chi connectivity index (χ1n) is 7.23. The number of esters is 1. The molecule has 1 aliphatic heterocycles. The molecule has 0 spiro atoms. The van der Waals surface area contributed by atoms with Gasteiger partial charge >= 0.3 is 5.97 Å². The number of fused-ring (bicyclic) bond motifs is 2. The third-order valence-corrected chi connectivity index (χ3v) is 5.67. The molecule has 0 bridgehead atoms. The molecule has 0 radical (unpaired) electrons. The van der Waals surface area contributed by atoms with Crippen LogP contribution in [-0.2, 0) is 9.53 Å². The Morgan fingerprint density at radius 1 is 1.35 bits per heavy atom. The molecule has 3 rings (SSSR count). The minimum atomic E-state index is -1.21. The van der Waals surface area contributed by atoms with Gasteiger partial charge < -0.3 is 20.1 Å². The Balaban J connectivity index is 2.05. The van der Waals surface area contributed by atoms with Crippen molar-refractivity contribution in [3.05, 3.63) is 11.1 Å². The summed E-state index contributed by atoms with van der Waals surface area (Å²) in [5.41, 5.74) is 0.449. The van der Waals surface area contributed by atoms with Crippen molar-refractivity contribution in [2.24, 2.45) is 17.8 Å². The van der Waals surface area contributed by atoms with Crippen LogP contribution in [0.5, 0.6) is 0 Å². The smallest absolute Gasteiger partial charge is 0.309 e. The molecule has 0 aromatic heterocycles. The van der Waals surface area contributed by atoms with E-state index in [1.54, 1.807) is 20.8 Å². The summed E-state index contributed by atoms with van der Waals surface area (Å²) in [6.45, 7) is 5.25. The number of aliphatic hydroxyl groups excluding tert-OH is 2. The van der Waals surface area contributed by atoms with Crippen molar-refractivity contribution in [1.82, 2.24) is 0 Å². The van der Waals surface area contributed by atoms with Crippen molar-refractivity contribution >= 4 is 5.97 Å². The van der Waals surface area contributed by atoms with Crippen LogP contribution in [0.2, 0.25) is 0 Å². The third kappa shape index (κ3) is 1.70. The van der Waals surface area contributed by atoms with E-state index in [4.69, 9.17) is 4.74 Å². The number of carbonyl (C=O) groups is 1. The van der Waals surface area contributed by atoms with Crippen LogP contribution in [0.1, 0.15) is 33.6 Å². The summed E-state index contributed by atoms with van der Waals surface area (Å²) in [6.07, 6.45) is -1.25. The van der Waals surface area contributed by atoms with Gasteiger partial charge in [0.25, 0.3) is 0 Å². The monoisotopic (exact) mass is 282 g/mol. The number of rotatable bonds is 0. The van der Waals surface area contributed by atoms with E-state index in [0.717, 1.165) is 11.1 Å². The molecule has 7 atom stereocenters. The molecule has 1 heterocycles. The number of hydrogen-bond acceptors (Lipinski definition) is 5. The standard InChI is InChI=1S/C15H22O5/c1-6-8-5-11(16)15(3,19)10(8)4-9-7(2)14(18)20-13(9)12(6)17/h7,9-13,16-17,19H,4-5H2,1-3H3. The number of ether oxygens (including phenoxy) is 1. The van der Waals surface area contributed by atoms with Crippen LogP contribution in [0.25, 0.3) is 0 Å². The summed E-state index contributed by atoms with van der Waals surface area (Å²) in [6, 6.07) is 0. The van der Waals surface area contributed by atoms with E-state index in [-0.39, 0.29) is 23.7 Å². The molecule has 5 heteroatoms. The predicted octanol–water partition coefficient (Wildman–Crippen LogP) is 0.377. The number of aliphatic hydroxyl groups is 3. The van der Waals surface area contributed by atoms with Crippen LogP contribution in [0.4, 0.5) is 0 Å². The average Bonchev–Trinajstić information content (AvgIpc) is 2.74. The fourth-order valence-corrected chi connectivity index (χ4v) is 4.09. The molecule has 7 unspecified atom stereocenters. The van der Waals surface area contributed by atoms with Crippen LogP contribution in [0.15, 0.2) is 11.1 Å². The van der Waals surface area contributed by atoms with E-state index in [2.05, 4.69) is 0 Å². The van der Waals surface area contributed by atoms with E-state index >= 15 is 0 Å². The molecular weight excluding hydrogens is 260 g/mol. The lowest BCUT2D eigenvalue weighted by molar-refractivity contribution is -0.146. The van der Waals surface area contributed by atoms with Crippen LogP contribution in [0.3, 0.4) is 0 Å². The summed E-state index contributed by atoms with van der Waals surface area (Å²) in [5, 5.41) is 31.1. The average molecular weight is 282 g/mol. The summed E-state index contributed by atoms with van der Waals surface area (Å²) in [5.74, 6) is -0.908. The first kappa shape index (κ1) is 14.0. The van der Waals surface area contributed by atoms with Gasteiger partial charge in [-0.15, -0.1) is 0 Å². The Morgan fingerprint density at radius 3 is 2.65 bits per heavy atom. The molecule has 0 aromatic rings. The molecule has 2 fully saturated rings. The minimum Gasteiger partial charge on any atom is -0.459 e. The highest BCUT2D eigenvalue weighted by molar-refractivity contribution is 5.75. The van der Waals surface area contributed by atoms with Gasteiger partial charge in [0.2, 0.25) is 0 Å². The summed E-state index contributed by atoms with van der Waals surface area (Å²) in [7, 11) is 0. The minimum absolute atomic E-state index is 0.119. The van der Waals surface area contributed by atoms with Crippen molar-refractivity contribution < 1.29 is 24.9 Å². The highest BCUT2D eigenvalue weighted by Gasteiger charge is 2.56. The largest absolute Gasteiger partial charge is 0.459 e. The topological polar surface area (TPSA) is 87.0 Å². The second-order valence-electron chi connectivity index (χ2n) is 6.74. The molecule has 3 aliphatic rings. The Labute approximate surface area is 118 Å². The molecule has 5 nitrogen and oxygen atoms in total. The first-order valence-corrected chi connectivity index (χ1v) is 7.23. The van der Waals surface area contributed by atoms with E-state index in [0.29, 0.717) is 12.8 Å². The van der Waals surface area contributed by atoms with Crippen LogP contribution in [-0.4, -0.2) is 45.2 Å². The fourth-order valence-electron chi connectivity index (χ4n) is 4.09. The number of carbonyl (C=O) groups excluding carboxylic acids is 1. The van der Waals surface area contributed by atoms with Crippen LogP contribution < -0.4 is 0 Å². The van der Waals surface area contributed by atoms with Gasteiger partial charge in [0, 0.05) is 11.8 Å². The van der Waals surface area contributed by atoms with Crippen LogP contribution in [0, 0.1) is 17.8 Å². The molecule has 2 aliphatic carbocycles. The summed E-state index contributed by atoms with van der Waals surface area (Å²) >= 11 is 0. The molecule has 1 saturated heterocycles. The zero-order valence-electron chi connectivity index (χ0n) is 12.0. The molecule has 0 amide bonds. The van der Waals surface area contributed by atoms with Gasteiger partial charge in [0.15, 0.2) is 0 Å². The lowest BCUT2D eigenvalue weighted by atomic mass is 9.78.